The smallest absolute Gasteiger partial charge is 0.255 e. The molecular weight excluding hydrogens is 251 g/mol. The highest BCUT2D eigenvalue weighted by Crippen LogP contribution is 2.28. The lowest BCUT2D eigenvalue weighted by Crippen LogP contribution is -2.52. The minimum atomic E-state index is -2.43. The molecule has 1 aromatic rings. The zero-order valence-electron chi connectivity index (χ0n) is 11.8. The van der Waals surface area contributed by atoms with E-state index in [0.29, 0.717) is 0 Å². The zero-order valence-corrected chi connectivity index (χ0v) is 9.77. The maximum absolute atomic E-state index is 13.9. The third-order valence-corrected chi connectivity index (χ3v) is 3.22. The monoisotopic (exact) mass is 264 g/mol. The van der Waals surface area contributed by atoms with E-state index in [-0.39, 0.29) is 24.0 Å². The van der Waals surface area contributed by atoms with Gasteiger partial charge in [-0.2, -0.15) is 0 Å². The van der Waals surface area contributed by atoms with Crippen molar-refractivity contribution in [2.24, 2.45) is 0 Å². The van der Waals surface area contributed by atoms with Gasteiger partial charge in [0.2, 0.25) is 11.8 Å². The number of carbonyl (C=O) groups is 3. The maximum Gasteiger partial charge on any atom is 0.255 e. The van der Waals surface area contributed by atoms with Crippen molar-refractivity contribution in [2.45, 2.75) is 25.4 Å². The average molecular weight is 264 g/mol. The molecule has 5 nitrogen and oxygen atoms in total. The molecule has 1 aromatic carbocycles. The van der Waals surface area contributed by atoms with Crippen molar-refractivity contribution in [1.29, 1.82) is 0 Å². The third kappa shape index (κ3) is 1.80. The molecule has 1 fully saturated rings. The Kier molecular flexibility index (Phi) is 2.11. The highest BCUT2D eigenvalue weighted by atomic mass is 19.1. The van der Waals surface area contributed by atoms with Crippen molar-refractivity contribution in [2.75, 3.05) is 0 Å². The van der Waals surface area contributed by atoms with Crippen LogP contribution in [-0.2, 0) is 16.1 Å². The van der Waals surface area contributed by atoms with E-state index >= 15 is 0 Å². The number of nitrogens with zero attached hydrogens (tertiary/aromatic N) is 1. The Hall–Kier alpha value is -2.24. The molecule has 1 saturated heterocycles. The Morgan fingerprint density at radius 1 is 1.37 bits per heavy atom. The minimum absolute atomic E-state index is 0.00902. The number of amides is 3. The number of nitrogens with one attached hydrogen (secondary N) is 1. The summed E-state index contributed by atoms with van der Waals surface area (Å²) in [6.07, 6.45) is 0.0284. The van der Waals surface area contributed by atoms with Crippen molar-refractivity contribution in [3.8, 4) is 0 Å². The summed E-state index contributed by atoms with van der Waals surface area (Å²) in [6, 6.07) is 2.58. The Morgan fingerprint density at radius 3 is 2.84 bits per heavy atom. The van der Waals surface area contributed by atoms with E-state index < -0.39 is 36.1 Å². The van der Waals surface area contributed by atoms with Gasteiger partial charge in [-0.3, -0.25) is 19.7 Å². The van der Waals surface area contributed by atoms with E-state index in [1.807, 2.05) is 0 Å². The van der Waals surface area contributed by atoms with Gasteiger partial charge in [0.25, 0.3) is 5.91 Å². The standard InChI is InChI=1S/C13H11FN2O3/c14-9-3-1-2-7-8(9)6-16(13(7)19)10-4-5-11(17)15-12(10)18/h1-3,10H,4-6H2,(H,15,17,18)/i6D2. The number of halogens is 1. The van der Waals surface area contributed by atoms with E-state index in [1.54, 1.807) is 0 Å². The minimum Gasteiger partial charge on any atom is -0.322 e. The van der Waals surface area contributed by atoms with Crippen molar-refractivity contribution in [3.63, 3.8) is 0 Å². The van der Waals surface area contributed by atoms with Gasteiger partial charge < -0.3 is 4.90 Å². The predicted octanol–water partition coefficient (Wildman–Crippen LogP) is 0.587. The summed E-state index contributed by atoms with van der Waals surface area (Å²) in [5.41, 5.74) is -0.454. The molecule has 3 amide bonds. The molecule has 2 aliphatic heterocycles. The number of piperidine rings is 1. The van der Waals surface area contributed by atoms with E-state index in [1.165, 1.54) is 12.1 Å². The molecule has 3 rings (SSSR count). The summed E-state index contributed by atoms with van der Waals surface area (Å²) in [7, 11) is 0. The molecule has 0 bridgehead atoms. The third-order valence-electron chi connectivity index (χ3n) is 3.22. The van der Waals surface area contributed by atoms with Crippen LogP contribution in [0.15, 0.2) is 18.2 Å². The second-order valence-corrected chi connectivity index (χ2v) is 4.42. The van der Waals surface area contributed by atoms with Gasteiger partial charge in [-0.15, -0.1) is 0 Å². The van der Waals surface area contributed by atoms with Crippen LogP contribution in [0.4, 0.5) is 4.39 Å². The molecule has 0 aliphatic carbocycles. The summed E-state index contributed by atoms with van der Waals surface area (Å²) in [4.78, 5) is 36.1. The summed E-state index contributed by atoms with van der Waals surface area (Å²) < 4.78 is 30.0. The van der Waals surface area contributed by atoms with Crippen molar-refractivity contribution in [1.82, 2.24) is 10.2 Å². The lowest BCUT2D eigenvalue weighted by Gasteiger charge is -2.29. The summed E-state index contributed by atoms with van der Waals surface area (Å²) >= 11 is 0. The van der Waals surface area contributed by atoms with Crippen LogP contribution in [0.25, 0.3) is 0 Å². The van der Waals surface area contributed by atoms with Crippen LogP contribution in [0.5, 0.6) is 0 Å². The summed E-state index contributed by atoms with van der Waals surface area (Å²) in [5, 5.41) is 2.07. The van der Waals surface area contributed by atoms with E-state index in [4.69, 9.17) is 2.74 Å². The number of rotatable bonds is 1. The normalized spacial score (nSPS) is 26.7. The van der Waals surface area contributed by atoms with Gasteiger partial charge in [-0.25, -0.2) is 4.39 Å². The molecule has 1 atom stereocenters. The Morgan fingerprint density at radius 2 is 2.16 bits per heavy atom. The number of carbonyl (C=O) groups excluding carboxylic acids is 3. The number of hydrogen-bond donors (Lipinski definition) is 1. The SMILES string of the molecule is [2H]C1([2H])c2c(F)cccc2C(=O)N1C1CCC(=O)NC1=O. The average Bonchev–Trinajstić information content (AvgIpc) is 2.60. The molecule has 0 radical (unpaired) electrons. The van der Waals surface area contributed by atoms with Gasteiger partial charge in [0, 0.05) is 17.5 Å². The van der Waals surface area contributed by atoms with E-state index in [2.05, 4.69) is 5.32 Å². The Balaban J connectivity index is 2.06. The topological polar surface area (TPSA) is 66.5 Å². The first-order valence-corrected chi connectivity index (χ1v) is 5.80. The van der Waals surface area contributed by atoms with Crippen LogP contribution in [0.3, 0.4) is 0 Å². The lowest BCUT2D eigenvalue weighted by atomic mass is 10.0. The molecule has 98 valence electrons. The van der Waals surface area contributed by atoms with Crippen LogP contribution in [0.2, 0.25) is 0 Å². The molecule has 1 unspecified atom stereocenters. The number of benzene rings is 1. The fraction of sp³-hybridized carbons (Fsp3) is 0.308. The van der Waals surface area contributed by atoms with Crippen molar-refractivity contribution >= 4 is 17.7 Å². The number of fused-ring (bicyclic) bond motifs is 1. The van der Waals surface area contributed by atoms with Crippen molar-refractivity contribution in [3.05, 3.63) is 35.1 Å². The van der Waals surface area contributed by atoms with Crippen LogP contribution in [-0.4, -0.2) is 28.7 Å². The quantitative estimate of drug-likeness (QED) is 0.755. The zero-order chi connectivity index (χ0) is 15.4. The molecular formula is C13H11FN2O3. The number of imide groups is 1. The second-order valence-electron chi connectivity index (χ2n) is 4.42. The van der Waals surface area contributed by atoms with Crippen LogP contribution >= 0.6 is 0 Å². The Labute approximate surface area is 111 Å². The summed E-state index contributed by atoms with van der Waals surface area (Å²) in [6.45, 7) is -2.43. The lowest BCUT2D eigenvalue weighted by molar-refractivity contribution is -0.136. The van der Waals surface area contributed by atoms with Gasteiger partial charge in [0.15, 0.2) is 0 Å². The first-order chi connectivity index (χ1) is 9.84. The van der Waals surface area contributed by atoms with Gasteiger partial charge in [-0.05, 0) is 18.6 Å². The molecule has 0 aromatic heterocycles. The first kappa shape index (κ1) is 9.66. The van der Waals surface area contributed by atoms with Crippen LogP contribution in [0, 0.1) is 5.82 Å². The van der Waals surface area contributed by atoms with Gasteiger partial charge in [0.05, 0.1) is 9.24 Å². The Bertz CT molecular complexity index is 677. The molecule has 2 aliphatic rings. The molecule has 1 N–H and O–H groups in total. The van der Waals surface area contributed by atoms with Gasteiger partial charge in [0.1, 0.15) is 11.9 Å². The van der Waals surface area contributed by atoms with E-state index in [9.17, 15) is 18.8 Å². The predicted molar refractivity (Wildman–Crippen MR) is 62.4 cm³/mol. The van der Waals surface area contributed by atoms with Gasteiger partial charge >= 0.3 is 0 Å². The van der Waals surface area contributed by atoms with Crippen LogP contribution < -0.4 is 5.32 Å². The fourth-order valence-electron chi connectivity index (χ4n) is 2.26. The largest absolute Gasteiger partial charge is 0.322 e. The molecule has 0 saturated carbocycles. The highest BCUT2D eigenvalue weighted by molar-refractivity contribution is 6.05. The molecule has 2 heterocycles. The molecule has 6 heteroatoms. The highest BCUT2D eigenvalue weighted by Gasteiger charge is 2.39. The number of hydrogen-bond acceptors (Lipinski definition) is 3. The summed E-state index contributed by atoms with van der Waals surface area (Å²) in [5.74, 6) is -2.78. The van der Waals surface area contributed by atoms with Crippen LogP contribution in [0.1, 0.15) is 31.5 Å². The first-order valence-electron chi connectivity index (χ1n) is 6.80. The maximum atomic E-state index is 13.9. The fourth-order valence-corrected chi connectivity index (χ4v) is 2.26. The molecule has 19 heavy (non-hydrogen) atoms. The van der Waals surface area contributed by atoms with E-state index in [0.717, 1.165) is 11.0 Å². The second kappa shape index (κ2) is 4.15. The molecule has 0 spiro atoms. The van der Waals surface area contributed by atoms with Crippen molar-refractivity contribution < 1.29 is 21.5 Å². The van der Waals surface area contributed by atoms with Gasteiger partial charge in [-0.1, -0.05) is 6.07 Å².